The van der Waals surface area contributed by atoms with E-state index >= 15 is 0 Å². The second-order valence-corrected chi connectivity index (χ2v) is 8.83. The van der Waals surface area contributed by atoms with Crippen LogP contribution in [0, 0.1) is 0 Å². The van der Waals surface area contributed by atoms with E-state index in [1.165, 1.54) is 28.6 Å². The molecule has 0 bridgehead atoms. The van der Waals surface area contributed by atoms with Crippen molar-refractivity contribution in [3.63, 3.8) is 0 Å². The second-order valence-electron chi connectivity index (χ2n) is 5.98. The van der Waals surface area contributed by atoms with Crippen LogP contribution in [0.4, 0.5) is 5.69 Å². The molecule has 0 saturated carbocycles. The Morgan fingerprint density at radius 3 is 3.08 bits per heavy atom. The van der Waals surface area contributed by atoms with E-state index in [1.54, 1.807) is 29.8 Å². The lowest BCUT2D eigenvalue weighted by Gasteiger charge is -2.12. The molecule has 2 aromatic heterocycles. The molecule has 0 fully saturated rings. The van der Waals surface area contributed by atoms with Crippen LogP contribution < -0.4 is 5.32 Å². The van der Waals surface area contributed by atoms with E-state index in [0.717, 1.165) is 28.1 Å². The summed E-state index contributed by atoms with van der Waals surface area (Å²) in [5.74, 6) is -0.0640. The molecule has 1 aliphatic carbocycles. The molecule has 4 nitrogen and oxygen atoms in total. The van der Waals surface area contributed by atoms with Crippen molar-refractivity contribution in [3.8, 4) is 0 Å². The Bertz CT molecular complexity index is 957. The number of nitrogens with zero attached hydrogens (tertiary/aromatic N) is 2. The number of carbonyl (C=O) groups excluding carboxylic acids is 1. The molecule has 1 N–H and O–H groups in total. The second kappa shape index (κ2) is 6.94. The van der Waals surface area contributed by atoms with Crippen molar-refractivity contribution in [1.82, 2.24) is 9.97 Å². The van der Waals surface area contributed by atoms with Gasteiger partial charge in [0.2, 0.25) is 5.91 Å². The summed E-state index contributed by atoms with van der Waals surface area (Å²) in [5, 5.41) is 5.29. The quantitative estimate of drug-likeness (QED) is 0.506. The van der Waals surface area contributed by atoms with E-state index in [2.05, 4.69) is 15.3 Å². The zero-order valence-electron chi connectivity index (χ0n) is 13.6. The zero-order valence-corrected chi connectivity index (χ0v) is 16.0. The molecule has 0 radical (unpaired) electrons. The lowest BCUT2D eigenvalue weighted by molar-refractivity contribution is -0.115. The molecule has 128 valence electrons. The summed E-state index contributed by atoms with van der Waals surface area (Å²) in [4.78, 5) is 23.8. The number of rotatable bonds is 4. The largest absolute Gasteiger partial charge is 0.325 e. The molecule has 1 amide bonds. The maximum absolute atomic E-state index is 12.5. The molecule has 7 heteroatoms. The van der Waals surface area contributed by atoms with Gasteiger partial charge in [0.25, 0.3) is 0 Å². The zero-order chi connectivity index (χ0) is 17.4. The fourth-order valence-corrected chi connectivity index (χ4v) is 5.45. The minimum absolute atomic E-state index is 0.0640. The van der Waals surface area contributed by atoms with E-state index in [0.29, 0.717) is 10.7 Å². The van der Waals surface area contributed by atoms with E-state index < -0.39 is 0 Å². The third-order valence-electron chi connectivity index (χ3n) is 4.22. The lowest BCUT2D eigenvalue weighted by atomic mass is 10.2. The first kappa shape index (κ1) is 16.8. The van der Waals surface area contributed by atoms with Crippen LogP contribution >= 0.6 is 34.7 Å². The van der Waals surface area contributed by atoms with Gasteiger partial charge >= 0.3 is 0 Å². The van der Waals surface area contributed by atoms with E-state index in [-0.39, 0.29) is 11.2 Å². The average molecular weight is 390 g/mol. The van der Waals surface area contributed by atoms with E-state index in [1.807, 2.05) is 19.1 Å². The minimum atomic E-state index is -0.269. The van der Waals surface area contributed by atoms with Gasteiger partial charge in [0.1, 0.15) is 16.2 Å². The topological polar surface area (TPSA) is 54.9 Å². The van der Waals surface area contributed by atoms with Crippen LogP contribution in [0.25, 0.3) is 10.2 Å². The molecule has 2 heterocycles. The van der Waals surface area contributed by atoms with Gasteiger partial charge in [-0.25, -0.2) is 9.97 Å². The average Bonchev–Trinajstić information content (AvgIpc) is 3.15. The lowest BCUT2D eigenvalue weighted by Crippen LogP contribution is -2.22. The number of hydrogen-bond acceptors (Lipinski definition) is 5. The van der Waals surface area contributed by atoms with Crippen LogP contribution in [0.3, 0.4) is 0 Å². The van der Waals surface area contributed by atoms with Crippen molar-refractivity contribution in [3.05, 3.63) is 46.1 Å². The Morgan fingerprint density at radius 2 is 2.24 bits per heavy atom. The Kier molecular flexibility index (Phi) is 4.67. The first-order valence-corrected chi connectivity index (χ1v) is 10.2. The molecule has 25 heavy (non-hydrogen) atoms. The number of aryl methyl sites for hydroxylation is 2. The van der Waals surface area contributed by atoms with Crippen LogP contribution in [-0.2, 0) is 17.6 Å². The van der Waals surface area contributed by atoms with Crippen molar-refractivity contribution >= 4 is 56.5 Å². The highest BCUT2D eigenvalue weighted by atomic mass is 35.5. The van der Waals surface area contributed by atoms with Crippen LogP contribution in [0.1, 0.15) is 23.8 Å². The number of aromatic nitrogens is 2. The van der Waals surface area contributed by atoms with Crippen molar-refractivity contribution in [2.24, 2.45) is 0 Å². The predicted molar refractivity (Wildman–Crippen MR) is 105 cm³/mol. The number of anilines is 1. The monoisotopic (exact) mass is 389 g/mol. The summed E-state index contributed by atoms with van der Waals surface area (Å²) in [5.41, 5.74) is 2.08. The fraction of sp³-hybridized carbons (Fsp3) is 0.278. The Hall–Kier alpha value is -1.63. The highest BCUT2D eigenvalue weighted by Gasteiger charge is 2.23. The van der Waals surface area contributed by atoms with Crippen LogP contribution in [0.5, 0.6) is 0 Å². The number of fused-ring (bicyclic) bond motifs is 3. The summed E-state index contributed by atoms with van der Waals surface area (Å²) in [6.07, 6.45) is 5.00. The van der Waals surface area contributed by atoms with Gasteiger partial charge in [0.05, 0.1) is 5.25 Å². The molecule has 1 aromatic carbocycles. The summed E-state index contributed by atoms with van der Waals surface area (Å²) < 4.78 is 0. The Labute approximate surface area is 159 Å². The van der Waals surface area contributed by atoms with Gasteiger partial charge in [-0.3, -0.25) is 4.79 Å². The molecule has 3 aromatic rings. The highest BCUT2D eigenvalue weighted by Crippen LogP contribution is 2.40. The molecule has 0 spiro atoms. The number of benzene rings is 1. The maximum Gasteiger partial charge on any atom is 0.237 e. The number of hydrogen-bond donors (Lipinski definition) is 1. The maximum atomic E-state index is 12.5. The van der Waals surface area contributed by atoms with Crippen molar-refractivity contribution in [2.75, 3.05) is 5.32 Å². The van der Waals surface area contributed by atoms with Gasteiger partial charge in [-0.15, -0.1) is 11.3 Å². The van der Waals surface area contributed by atoms with Gasteiger partial charge < -0.3 is 5.32 Å². The first-order valence-electron chi connectivity index (χ1n) is 8.10. The smallest absolute Gasteiger partial charge is 0.237 e. The molecular formula is C18H16ClN3OS2. The van der Waals surface area contributed by atoms with Gasteiger partial charge in [-0.05, 0) is 49.9 Å². The van der Waals surface area contributed by atoms with Gasteiger partial charge in [0, 0.05) is 21.0 Å². The summed E-state index contributed by atoms with van der Waals surface area (Å²) in [6, 6.07) is 7.17. The van der Waals surface area contributed by atoms with Crippen molar-refractivity contribution in [1.29, 1.82) is 0 Å². The summed E-state index contributed by atoms with van der Waals surface area (Å²) in [6.45, 7) is 1.89. The number of thiophene rings is 1. The number of halogens is 1. The van der Waals surface area contributed by atoms with Crippen molar-refractivity contribution in [2.45, 2.75) is 36.5 Å². The standard InChI is InChI=1S/C18H16ClN3OS2/c1-10(16(23)22-12-5-2-4-11(19)8-12)24-17-15-13-6-3-7-14(13)25-18(15)21-9-20-17/h2,4-5,8-10H,3,6-7H2,1H3,(H,22,23). The number of amides is 1. The van der Waals surface area contributed by atoms with Crippen LogP contribution in [0.15, 0.2) is 35.6 Å². The molecule has 1 aliphatic rings. The number of carbonyl (C=O) groups is 1. The fourth-order valence-electron chi connectivity index (χ4n) is 3.02. The molecule has 1 unspecified atom stereocenters. The summed E-state index contributed by atoms with van der Waals surface area (Å²) in [7, 11) is 0. The molecule has 4 rings (SSSR count). The number of thioether (sulfide) groups is 1. The Morgan fingerprint density at radius 1 is 1.36 bits per heavy atom. The Balaban J connectivity index is 1.55. The third kappa shape index (κ3) is 3.38. The molecule has 0 saturated heterocycles. The van der Waals surface area contributed by atoms with E-state index in [9.17, 15) is 4.79 Å². The normalized spacial score (nSPS) is 14.5. The van der Waals surface area contributed by atoms with Gasteiger partial charge in [-0.1, -0.05) is 29.4 Å². The van der Waals surface area contributed by atoms with Gasteiger partial charge in [-0.2, -0.15) is 0 Å². The first-order chi connectivity index (χ1) is 12.1. The highest BCUT2D eigenvalue weighted by molar-refractivity contribution is 8.00. The third-order valence-corrected chi connectivity index (χ3v) is 6.75. The van der Waals surface area contributed by atoms with Crippen LogP contribution in [0.2, 0.25) is 5.02 Å². The summed E-state index contributed by atoms with van der Waals surface area (Å²) >= 11 is 9.22. The molecule has 1 atom stereocenters. The predicted octanol–water partition coefficient (Wildman–Crippen LogP) is 4.95. The molecule has 0 aliphatic heterocycles. The van der Waals surface area contributed by atoms with Crippen LogP contribution in [-0.4, -0.2) is 21.1 Å². The van der Waals surface area contributed by atoms with E-state index in [4.69, 9.17) is 11.6 Å². The SMILES string of the molecule is CC(Sc1ncnc2sc3c(c12)CCC3)C(=O)Nc1cccc(Cl)c1. The van der Waals surface area contributed by atoms with Crippen molar-refractivity contribution < 1.29 is 4.79 Å². The molecular weight excluding hydrogens is 374 g/mol. The van der Waals surface area contributed by atoms with Gasteiger partial charge in [0.15, 0.2) is 0 Å². The minimum Gasteiger partial charge on any atom is -0.325 e. The number of nitrogens with one attached hydrogen (secondary N) is 1.